The Bertz CT molecular complexity index is 905. The molecule has 0 aromatic heterocycles. The molecule has 2 rings (SSSR count). The van der Waals surface area contributed by atoms with Crippen molar-refractivity contribution in [2.75, 3.05) is 18.3 Å². The van der Waals surface area contributed by atoms with Gasteiger partial charge in [0.1, 0.15) is 5.82 Å². The third kappa shape index (κ3) is 5.41. The minimum atomic E-state index is -3.92. The monoisotopic (exact) mass is 415 g/mol. The third-order valence-electron chi connectivity index (χ3n) is 4.17. The van der Waals surface area contributed by atoms with Gasteiger partial charge in [0.25, 0.3) is 15.9 Å². The molecule has 0 saturated heterocycles. The number of rotatable bonds is 6. The van der Waals surface area contributed by atoms with E-state index < -0.39 is 15.8 Å². The quantitative estimate of drug-likeness (QED) is 0.758. The summed E-state index contributed by atoms with van der Waals surface area (Å²) in [5.74, 6) is -0.771. The molecule has 2 aromatic carbocycles. The number of sulfonamides is 1. The van der Waals surface area contributed by atoms with Crippen LogP contribution in [0.25, 0.3) is 0 Å². The lowest BCUT2D eigenvalue weighted by Crippen LogP contribution is -2.40. The van der Waals surface area contributed by atoms with Crippen LogP contribution < -0.4 is 10.5 Å². The molecular weight excluding hydrogens is 393 g/mol. The first-order valence-corrected chi connectivity index (χ1v) is 9.50. The van der Waals surface area contributed by atoms with Crippen LogP contribution in [0.3, 0.4) is 0 Å². The average Bonchev–Trinajstić information content (AvgIpc) is 2.61. The van der Waals surface area contributed by atoms with Gasteiger partial charge in [-0.15, -0.1) is 12.4 Å². The van der Waals surface area contributed by atoms with E-state index in [0.29, 0.717) is 12.1 Å². The number of nitrogens with one attached hydrogen (secondary N) is 1. The maximum absolute atomic E-state index is 13.0. The maximum Gasteiger partial charge on any atom is 0.261 e. The summed E-state index contributed by atoms with van der Waals surface area (Å²) in [4.78, 5) is 14.1. The molecule has 1 unspecified atom stereocenters. The lowest BCUT2D eigenvalue weighted by Gasteiger charge is -2.24. The Labute approximate surface area is 165 Å². The summed E-state index contributed by atoms with van der Waals surface area (Å²) in [5.41, 5.74) is 6.77. The van der Waals surface area contributed by atoms with Gasteiger partial charge in [0.05, 0.1) is 4.90 Å². The first kappa shape index (κ1) is 22.9. The van der Waals surface area contributed by atoms with Crippen molar-refractivity contribution in [1.29, 1.82) is 0 Å². The Hall–Kier alpha value is -2.16. The number of anilines is 1. The molecule has 0 radical (unpaired) electrons. The van der Waals surface area contributed by atoms with Crippen LogP contribution in [-0.2, 0) is 10.0 Å². The fourth-order valence-electron chi connectivity index (χ4n) is 2.28. The molecule has 0 aliphatic carbocycles. The standard InChI is InChI=1S/C18H22FN3O3S.ClH/c1-12-4-9-16(10-17(12)18(23)22(3)13(2)11-20)26(24,25)21-15-7-5-14(19)6-8-15;/h4-10,13,21H,11,20H2,1-3H3;1H. The fourth-order valence-corrected chi connectivity index (χ4v) is 3.36. The number of aryl methyl sites for hydroxylation is 1. The lowest BCUT2D eigenvalue weighted by molar-refractivity contribution is 0.0747. The Morgan fingerprint density at radius 2 is 1.81 bits per heavy atom. The van der Waals surface area contributed by atoms with E-state index in [1.165, 1.54) is 29.2 Å². The van der Waals surface area contributed by atoms with Crippen LogP contribution in [0.2, 0.25) is 0 Å². The van der Waals surface area contributed by atoms with Crippen molar-refractivity contribution in [3.63, 3.8) is 0 Å². The first-order chi connectivity index (χ1) is 12.2. The topological polar surface area (TPSA) is 92.5 Å². The highest BCUT2D eigenvalue weighted by molar-refractivity contribution is 7.92. The fraction of sp³-hybridized carbons (Fsp3) is 0.278. The van der Waals surface area contributed by atoms with E-state index in [0.717, 1.165) is 12.1 Å². The number of amides is 1. The Kier molecular flexibility index (Phi) is 7.77. The van der Waals surface area contributed by atoms with Crippen molar-refractivity contribution < 1.29 is 17.6 Å². The van der Waals surface area contributed by atoms with Crippen molar-refractivity contribution in [3.8, 4) is 0 Å². The second-order valence-electron chi connectivity index (χ2n) is 6.09. The molecule has 0 aliphatic rings. The Morgan fingerprint density at radius 3 is 2.37 bits per heavy atom. The summed E-state index contributed by atoms with van der Waals surface area (Å²) in [6, 6.07) is 9.12. The molecule has 2 aromatic rings. The van der Waals surface area contributed by atoms with Gasteiger partial charge in [-0.1, -0.05) is 6.07 Å². The SMILES string of the molecule is Cc1ccc(S(=O)(=O)Nc2ccc(F)cc2)cc1C(=O)N(C)C(C)CN.Cl. The van der Waals surface area contributed by atoms with Gasteiger partial charge in [-0.25, -0.2) is 12.8 Å². The lowest BCUT2D eigenvalue weighted by atomic mass is 10.1. The minimum absolute atomic E-state index is 0. The second kappa shape index (κ2) is 9.16. The molecular formula is C18H23ClFN3O3S. The Morgan fingerprint density at radius 1 is 1.22 bits per heavy atom. The second-order valence-corrected chi connectivity index (χ2v) is 7.77. The van der Waals surface area contributed by atoms with Gasteiger partial charge in [0, 0.05) is 30.9 Å². The molecule has 148 valence electrons. The zero-order valence-electron chi connectivity index (χ0n) is 15.3. The number of hydrogen-bond donors (Lipinski definition) is 2. The molecule has 0 aliphatic heterocycles. The minimum Gasteiger partial charge on any atom is -0.338 e. The number of nitrogens with two attached hydrogens (primary N) is 1. The van der Waals surface area contributed by atoms with Crippen molar-refractivity contribution in [3.05, 3.63) is 59.4 Å². The highest BCUT2D eigenvalue weighted by atomic mass is 35.5. The molecule has 0 fully saturated rings. The summed E-state index contributed by atoms with van der Waals surface area (Å²) in [5, 5.41) is 0. The van der Waals surface area contributed by atoms with E-state index in [-0.39, 0.29) is 40.5 Å². The van der Waals surface area contributed by atoms with Crippen molar-refractivity contribution in [2.45, 2.75) is 24.8 Å². The zero-order valence-corrected chi connectivity index (χ0v) is 16.9. The largest absolute Gasteiger partial charge is 0.338 e. The van der Waals surface area contributed by atoms with Crippen LogP contribution in [0.4, 0.5) is 10.1 Å². The van der Waals surface area contributed by atoms with E-state index in [4.69, 9.17) is 5.73 Å². The summed E-state index contributed by atoms with van der Waals surface area (Å²) in [6.07, 6.45) is 0. The molecule has 9 heteroatoms. The van der Waals surface area contributed by atoms with Crippen molar-refractivity contribution >= 4 is 34.0 Å². The maximum atomic E-state index is 13.0. The van der Waals surface area contributed by atoms with Crippen LogP contribution in [0.1, 0.15) is 22.8 Å². The van der Waals surface area contributed by atoms with E-state index in [1.54, 1.807) is 20.0 Å². The first-order valence-electron chi connectivity index (χ1n) is 8.02. The van der Waals surface area contributed by atoms with Gasteiger partial charge in [-0.3, -0.25) is 9.52 Å². The van der Waals surface area contributed by atoms with E-state index in [1.807, 2.05) is 6.92 Å². The van der Waals surface area contributed by atoms with Crippen LogP contribution in [0, 0.1) is 12.7 Å². The van der Waals surface area contributed by atoms with Crippen LogP contribution >= 0.6 is 12.4 Å². The molecule has 3 N–H and O–H groups in total. The number of carbonyl (C=O) groups excluding carboxylic acids is 1. The van der Waals surface area contributed by atoms with Gasteiger partial charge in [0.15, 0.2) is 0 Å². The van der Waals surface area contributed by atoms with Gasteiger partial charge >= 0.3 is 0 Å². The van der Waals surface area contributed by atoms with Crippen molar-refractivity contribution in [1.82, 2.24) is 4.90 Å². The van der Waals surface area contributed by atoms with Crippen LogP contribution in [0.15, 0.2) is 47.4 Å². The average molecular weight is 416 g/mol. The van der Waals surface area contributed by atoms with Gasteiger partial charge in [0.2, 0.25) is 0 Å². The summed E-state index contributed by atoms with van der Waals surface area (Å²) in [6.45, 7) is 3.84. The van der Waals surface area contributed by atoms with Gasteiger partial charge in [-0.2, -0.15) is 0 Å². The predicted molar refractivity (Wildman–Crippen MR) is 106 cm³/mol. The summed E-state index contributed by atoms with van der Waals surface area (Å²) >= 11 is 0. The Balaban J connectivity index is 0.00000364. The molecule has 0 spiro atoms. The number of nitrogens with zero attached hydrogens (tertiary/aromatic N) is 1. The van der Waals surface area contributed by atoms with E-state index in [9.17, 15) is 17.6 Å². The predicted octanol–water partition coefficient (Wildman–Crippen LogP) is 2.78. The van der Waals surface area contributed by atoms with E-state index in [2.05, 4.69) is 4.72 Å². The molecule has 6 nitrogen and oxygen atoms in total. The summed E-state index contributed by atoms with van der Waals surface area (Å²) in [7, 11) is -2.30. The molecule has 27 heavy (non-hydrogen) atoms. The molecule has 0 saturated carbocycles. The molecule has 1 atom stereocenters. The third-order valence-corrected chi connectivity index (χ3v) is 5.55. The molecule has 0 heterocycles. The van der Waals surface area contributed by atoms with Crippen LogP contribution in [-0.4, -0.2) is 38.9 Å². The molecule has 0 bridgehead atoms. The number of halogens is 2. The van der Waals surface area contributed by atoms with Gasteiger partial charge < -0.3 is 10.6 Å². The van der Waals surface area contributed by atoms with Crippen LogP contribution in [0.5, 0.6) is 0 Å². The zero-order chi connectivity index (χ0) is 19.5. The number of likely N-dealkylation sites (N-methyl/N-ethyl adjacent to an activating group) is 1. The number of carbonyl (C=O) groups is 1. The van der Waals surface area contributed by atoms with Crippen molar-refractivity contribution in [2.24, 2.45) is 5.73 Å². The summed E-state index contributed by atoms with van der Waals surface area (Å²) < 4.78 is 40.5. The molecule has 1 amide bonds. The van der Waals surface area contributed by atoms with Gasteiger partial charge in [-0.05, 0) is 55.8 Å². The highest BCUT2D eigenvalue weighted by Crippen LogP contribution is 2.21. The number of benzene rings is 2. The number of hydrogen-bond acceptors (Lipinski definition) is 4. The smallest absolute Gasteiger partial charge is 0.261 e. The van der Waals surface area contributed by atoms with E-state index >= 15 is 0 Å². The normalized spacial score (nSPS) is 12.0. The highest BCUT2D eigenvalue weighted by Gasteiger charge is 2.22.